The number of carbonyl (C=O) groups excluding carboxylic acids is 1. The van der Waals surface area contributed by atoms with Crippen molar-refractivity contribution in [3.8, 4) is 5.75 Å². The summed E-state index contributed by atoms with van der Waals surface area (Å²) in [5, 5.41) is 10.4. The Morgan fingerprint density at radius 1 is 1.46 bits per heavy atom. The van der Waals surface area contributed by atoms with E-state index in [2.05, 4.69) is 28.7 Å². The van der Waals surface area contributed by atoms with Crippen molar-refractivity contribution in [1.82, 2.24) is 20.4 Å². The summed E-state index contributed by atoms with van der Waals surface area (Å²) in [5.41, 5.74) is 1.91. The molecule has 1 aliphatic carbocycles. The van der Waals surface area contributed by atoms with Gasteiger partial charge in [-0.1, -0.05) is 25.1 Å². The highest BCUT2D eigenvalue weighted by atomic mass is 16.5. The molecule has 0 bridgehead atoms. The van der Waals surface area contributed by atoms with E-state index >= 15 is 0 Å². The number of ether oxygens (including phenoxy) is 1. The van der Waals surface area contributed by atoms with Crippen molar-refractivity contribution in [3.63, 3.8) is 0 Å². The van der Waals surface area contributed by atoms with Gasteiger partial charge in [-0.15, -0.1) is 0 Å². The minimum Gasteiger partial charge on any atom is -0.496 e. The van der Waals surface area contributed by atoms with Crippen LogP contribution in [0.4, 0.5) is 0 Å². The number of aryl methyl sites for hydroxylation is 1. The summed E-state index contributed by atoms with van der Waals surface area (Å²) in [6.45, 7) is 2.16. The van der Waals surface area contributed by atoms with Crippen LogP contribution < -0.4 is 15.4 Å². The maximum absolute atomic E-state index is 12.7. The summed E-state index contributed by atoms with van der Waals surface area (Å²) in [7, 11) is 5.30. The van der Waals surface area contributed by atoms with E-state index in [-0.39, 0.29) is 17.4 Å². The number of likely N-dealkylation sites (N-methyl/N-ethyl adjacent to an activating group) is 1. The number of aromatic nitrogens is 2. The van der Waals surface area contributed by atoms with Crippen LogP contribution in [0, 0.1) is 0 Å². The highest BCUT2D eigenvalue weighted by Gasteiger charge is 2.53. The first-order valence-electron chi connectivity index (χ1n) is 8.09. The zero-order valence-corrected chi connectivity index (χ0v) is 14.5. The summed E-state index contributed by atoms with van der Waals surface area (Å²) in [4.78, 5) is 12.7. The van der Waals surface area contributed by atoms with E-state index in [1.165, 1.54) is 0 Å². The van der Waals surface area contributed by atoms with Gasteiger partial charge in [0.05, 0.1) is 13.3 Å². The van der Waals surface area contributed by atoms with Crippen molar-refractivity contribution in [1.29, 1.82) is 0 Å². The van der Waals surface area contributed by atoms with Gasteiger partial charge in [0, 0.05) is 35.8 Å². The van der Waals surface area contributed by atoms with Crippen molar-refractivity contribution >= 4 is 5.91 Å². The first-order valence-corrected chi connectivity index (χ1v) is 8.09. The average Bonchev–Trinajstić information content (AvgIpc) is 3.02. The van der Waals surface area contributed by atoms with Crippen LogP contribution in [0.1, 0.15) is 30.5 Å². The number of benzene rings is 1. The van der Waals surface area contributed by atoms with E-state index in [1.54, 1.807) is 25.0 Å². The Morgan fingerprint density at radius 3 is 2.83 bits per heavy atom. The highest BCUT2D eigenvalue weighted by Crippen LogP contribution is 2.51. The first kappa shape index (κ1) is 16.5. The Bertz CT molecular complexity index is 742. The third-order valence-electron chi connectivity index (χ3n) is 4.88. The van der Waals surface area contributed by atoms with Gasteiger partial charge in [-0.05, 0) is 19.5 Å². The Hall–Kier alpha value is -2.34. The Kier molecular flexibility index (Phi) is 4.32. The molecule has 3 atom stereocenters. The Morgan fingerprint density at radius 2 is 2.21 bits per heavy atom. The van der Waals surface area contributed by atoms with Gasteiger partial charge in [0.25, 0.3) is 0 Å². The van der Waals surface area contributed by atoms with E-state index in [4.69, 9.17) is 4.74 Å². The quantitative estimate of drug-likeness (QED) is 0.844. The second-order valence-corrected chi connectivity index (χ2v) is 6.55. The molecule has 24 heavy (non-hydrogen) atoms. The van der Waals surface area contributed by atoms with Crippen molar-refractivity contribution in [2.45, 2.75) is 30.8 Å². The van der Waals surface area contributed by atoms with Crippen LogP contribution in [0.2, 0.25) is 0 Å². The molecule has 3 rings (SSSR count). The predicted molar refractivity (Wildman–Crippen MR) is 91.9 cm³/mol. The standard InChI is InChI=1S/C18H24N4O2/c1-18(13-7-5-6-8-14(13)24-4)9-15(18)21-17(23)16(19-2)12-10-20-22(3)11-12/h5-8,10-11,15-16,19H,9H2,1-4H3,(H,21,23). The summed E-state index contributed by atoms with van der Waals surface area (Å²) >= 11 is 0. The maximum Gasteiger partial charge on any atom is 0.242 e. The van der Waals surface area contributed by atoms with Crippen LogP contribution in [0.25, 0.3) is 0 Å². The van der Waals surface area contributed by atoms with Gasteiger partial charge >= 0.3 is 0 Å². The molecule has 6 heteroatoms. The molecule has 1 saturated carbocycles. The molecule has 1 fully saturated rings. The van der Waals surface area contributed by atoms with Gasteiger partial charge in [-0.3, -0.25) is 9.48 Å². The Labute approximate surface area is 142 Å². The van der Waals surface area contributed by atoms with E-state index in [1.807, 2.05) is 31.4 Å². The molecule has 6 nitrogen and oxygen atoms in total. The van der Waals surface area contributed by atoms with Crippen LogP contribution >= 0.6 is 0 Å². The predicted octanol–water partition coefficient (Wildman–Crippen LogP) is 1.54. The average molecular weight is 328 g/mol. The van der Waals surface area contributed by atoms with Crippen LogP contribution in [0.5, 0.6) is 5.75 Å². The summed E-state index contributed by atoms with van der Waals surface area (Å²) in [5.74, 6) is 0.836. The van der Waals surface area contributed by atoms with Crippen LogP contribution in [0.15, 0.2) is 36.7 Å². The second kappa shape index (κ2) is 6.28. The van der Waals surface area contributed by atoms with Crippen LogP contribution in [0.3, 0.4) is 0 Å². The molecular formula is C18H24N4O2. The number of methoxy groups -OCH3 is 1. The number of nitrogens with one attached hydrogen (secondary N) is 2. The van der Waals surface area contributed by atoms with Crippen LogP contribution in [-0.2, 0) is 17.3 Å². The third kappa shape index (κ3) is 2.89. The van der Waals surface area contributed by atoms with E-state index in [0.29, 0.717) is 0 Å². The second-order valence-electron chi connectivity index (χ2n) is 6.55. The summed E-state index contributed by atoms with van der Waals surface area (Å²) < 4.78 is 7.17. The molecule has 1 amide bonds. The summed E-state index contributed by atoms with van der Waals surface area (Å²) in [6, 6.07) is 7.70. The normalized spacial score (nSPS) is 23.6. The van der Waals surface area contributed by atoms with Gasteiger partial charge in [-0.25, -0.2) is 0 Å². The number of hydrogen-bond donors (Lipinski definition) is 2. The lowest BCUT2D eigenvalue weighted by Crippen LogP contribution is -2.39. The minimum absolute atomic E-state index is 0.0332. The molecule has 128 valence electrons. The fourth-order valence-corrected chi connectivity index (χ4v) is 3.28. The fourth-order valence-electron chi connectivity index (χ4n) is 3.28. The molecule has 0 radical (unpaired) electrons. The Balaban J connectivity index is 1.72. The van der Waals surface area contributed by atoms with Crippen molar-refractivity contribution in [2.75, 3.05) is 14.2 Å². The largest absolute Gasteiger partial charge is 0.496 e. The van der Waals surface area contributed by atoms with Crippen molar-refractivity contribution in [3.05, 3.63) is 47.8 Å². The van der Waals surface area contributed by atoms with Gasteiger partial charge in [0.1, 0.15) is 11.8 Å². The van der Waals surface area contributed by atoms with Gasteiger partial charge in [0.15, 0.2) is 0 Å². The number of nitrogens with zero attached hydrogens (tertiary/aromatic N) is 2. The molecule has 2 N–H and O–H groups in total. The van der Waals surface area contributed by atoms with Gasteiger partial charge in [-0.2, -0.15) is 5.10 Å². The number of amides is 1. The molecule has 3 unspecified atom stereocenters. The van der Waals surface area contributed by atoms with Gasteiger partial charge in [0.2, 0.25) is 5.91 Å². The zero-order valence-electron chi connectivity index (χ0n) is 14.5. The van der Waals surface area contributed by atoms with E-state index in [0.717, 1.165) is 23.3 Å². The molecule has 2 aromatic rings. The lowest BCUT2D eigenvalue weighted by atomic mass is 9.96. The minimum atomic E-state index is -0.402. The van der Waals surface area contributed by atoms with E-state index < -0.39 is 6.04 Å². The van der Waals surface area contributed by atoms with Crippen LogP contribution in [-0.4, -0.2) is 35.9 Å². The molecule has 1 aromatic carbocycles. The van der Waals surface area contributed by atoms with Crippen molar-refractivity contribution < 1.29 is 9.53 Å². The molecule has 1 aromatic heterocycles. The number of hydrogen-bond acceptors (Lipinski definition) is 4. The first-order chi connectivity index (χ1) is 11.5. The third-order valence-corrected chi connectivity index (χ3v) is 4.88. The molecule has 1 heterocycles. The monoisotopic (exact) mass is 328 g/mol. The number of rotatable bonds is 6. The van der Waals surface area contributed by atoms with Crippen molar-refractivity contribution in [2.24, 2.45) is 7.05 Å². The molecule has 0 aliphatic heterocycles. The number of carbonyl (C=O) groups is 1. The molecular weight excluding hydrogens is 304 g/mol. The maximum atomic E-state index is 12.7. The SMILES string of the molecule is CNC(C(=O)NC1CC1(C)c1ccccc1OC)c1cnn(C)c1. The fraction of sp³-hybridized carbons (Fsp3) is 0.444. The number of para-hydroxylation sites is 1. The molecule has 0 saturated heterocycles. The molecule has 1 aliphatic rings. The lowest BCUT2D eigenvalue weighted by molar-refractivity contribution is -0.123. The zero-order chi connectivity index (χ0) is 17.3. The highest BCUT2D eigenvalue weighted by molar-refractivity contribution is 5.84. The lowest BCUT2D eigenvalue weighted by Gasteiger charge is -2.18. The molecule has 0 spiro atoms. The summed E-state index contributed by atoms with van der Waals surface area (Å²) in [6.07, 6.45) is 4.47. The smallest absolute Gasteiger partial charge is 0.242 e. The van der Waals surface area contributed by atoms with E-state index in [9.17, 15) is 4.79 Å². The topological polar surface area (TPSA) is 68.2 Å². The van der Waals surface area contributed by atoms with Gasteiger partial charge < -0.3 is 15.4 Å².